The zero-order valence-corrected chi connectivity index (χ0v) is 12.0. The van der Waals surface area contributed by atoms with Crippen LogP contribution in [0, 0.1) is 17.0 Å². The molecule has 1 aromatic rings. The smallest absolute Gasteiger partial charge is 0.288 e. The van der Waals surface area contributed by atoms with Gasteiger partial charge in [-0.15, -0.1) is 0 Å². The van der Waals surface area contributed by atoms with Crippen molar-refractivity contribution in [3.8, 4) is 0 Å². The molecule has 2 aliphatic heterocycles. The van der Waals surface area contributed by atoms with Gasteiger partial charge in [0.05, 0.1) is 11.0 Å². The van der Waals surface area contributed by atoms with Gasteiger partial charge < -0.3 is 10.0 Å². The first kappa shape index (κ1) is 13.6. The predicted octanol–water partition coefficient (Wildman–Crippen LogP) is 3.05. The summed E-state index contributed by atoms with van der Waals surface area (Å²) in [4.78, 5) is 12.8. The van der Waals surface area contributed by atoms with Gasteiger partial charge in [-0.2, -0.15) is 0 Å². The molecule has 0 spiro atoms. The van der Waals surface area contributed by atoms with Crippen molar-refractivity contribution in [3.63, 3.8) is 0 Å². The number of hydrogen-bond acceptors (Lipinski definition) is 4. The lowest BCUT2D eigenvalue weighted by Gasteiger charge is -2.39. The highest BCUT2D eigenvalue weighted by molar-refractivity contribution is 6.33. The average molecular weight is 297 g/mol. The molecular formula is C14H17ClN2O3. The second-order valence-corrected chi connectivity index (χ2v) is 6.17. The zero-order valence-electron chi connectivity index (χ0n) is 11.3. The van der Waals surface area contributed by atoms with Crippen molar-refractivity contribution in [2.24, 2.45) is 0 Å². The van der Waals surface area contributed by atoms with E-state index < -0.39 is 4.92 Å². The summed E-state index contributed by atoms with van der Waals surface area (Å²) in [7, 11) is 0. The van der Waals surface area contributed by atoms with Gasteiger partial charge in [-0.3, -0.25) is 10.1 Å². The van der Waals surface area contributed by atoms with Crippen LogP contribution in [0.5, 0.6) is 0 Å². The van der Waals surface area contributed by atoms with Crippen LogP contribution < -0.4 is 4.90 Å². The molecule has 1 aromatic carbocycles. The molecule has 2 fully saturated rings. The number of hydrogen-bond donors (Lipinski definition) is 1. The van der Waals surface area contributed by atoms with Gasteiger partial charge in [0.15, 0.2) is 0 Å². The maximum atomic E-state index is 10.9. The Labute approximate surface area is 122 Å². The van der Waals surface area contributed by atoms with Crippen molar-refractivity contribution in [1.82, 2.24) is 0 Å². The Morgan fingerprint density at radius 1 is 1.35 bits per heavy atom. The number of rotatable bonds is 2. The summed E-state index contributed by atoms with van der Waals surface area (Å²) in [5.41, 5.74) is 1.80. The van der Waals surface area contributed by atoms with E-state index in [4.69, 9.17) is 11.6 Å². The van der Waals surface area contributed by atoms with Crippen LogP contribution in [0.1, 0.15) is 31.2 Å². The number of nitro benzene ring substituents is 1. The lowest BCUT2D eigenvalue weighted by molar-refractivity contribution is -0.384. The van der Waals surface area contributed by atoms with E-state index in [0.717, 1.165) is 36.9 Å². The number of aliphatic hydroxyl groups excluding tert-OH is 1. The summed E-state index contributed by atoms with van der Waals surface area (Å²) in [5.74, 6) is 0. The summed E-state index contributed by atoms with van der Waals surface area (Å²) >= 11 is 6.04. The Balaban J connectivity index is 1.99. The molecule has 2 bridgehead atoms. The highest BCUT2D eigenvalue weighted by atomic mass is 35.5. The second kappa shape index (κ2) is 4.90. The molecule has 3 atom stereocenters. The molecule has 2 saturated heterocycles. The molecule has 2 aliphatic rings. The molecule has 0 unspecified atom stereocenters. The Bertz CT molecular complexity index is 550. The lowest BCUT2D eigenvalue weighted by Crippen LogP contribution is -2.45. The molecule has 2 heterocycles. The fourth-order valence-electron chi connectivity index (χ4n) is 3.62. The predicted molar refractivity (Wildman–Crippen MR) is 77.4 cm³/mol. The van der Waals surface area contributed by atoms with Crippen molar-refractivity contribution < 1.29 is 10.0 Å². The van der Waals surface area contributed by atoms with Crippen molar-refractivity contribution in [2.45, 2.75) is 50.8 Å². The van der Waals surface area contributed by atoms with E-state index in [2.05, 4.69) is 4.90 Å². The summed E-state index contributed by atoms with van der Waals surface area (Å²) in [6, 6.07) is 3.89. The van der Waals surface area contributed by atoms with E-state index in [0.29, 0.717) is 12.1 Å². The minimum atomic E-state index is -0.451. The normalized spacial score (nSPS) is 28.8. The molecule has 0 saturated carbocycles. The molecular weight excluding hydrogens is 280 g/mol. The topological polar surface area (TPSA) is 66.6 Å². The van der Waals surface area contributed by atoms with E-state index in [1.54, 1.807) is 12.1 Å². The number of anilines is 1. The van der Waals surface area contributed by atoms with Crippen LogP contribution in [-0.4, -0.2) is 28.2 Å². The summed E-state index contributed by atoms with van der Waals surface area (Å²) in [5, 5.41) is 21.0. The molecule has 5 nitrogen and oxygen atoms in total. The number of halogens is 1. The van der Waals surface area contributed by atoms with Crippen LogP contribution in [0.2, 0.25) is 5.02 Å². The van der Waals surface area contributed by atoms with Crippen molar-refractivity contribution in [1.29, 1.82) is 0 Å². The van der Waals surface area contributed by atoms with Gasteiger partial charge in [0.2, 0.25) is 0 Å². The van der Waals surface area contributed by atoms with Crippen molar-refractivity contribution in [2.75, 3.05) is 4.90 Å². The minimum absolute atomic E-state index is 0.0442. The number of benzene rings is 1. The molecule has 20 heavy (non-hydrogen) atoms. The standard InChI is InChI=1S/C14H17ClN2O3/c1-8-4-14(17(19)20)12(15)7-13(8)16-9-2-3-10(16)6-11(18)5-9/h4,7,9-11,18H,2-3,5-6H2,1H3/t9-,10+,11+. The monoisotopic (exact) mass is 296 g/mol. The van der Waals surface area contributed by atoms with E-state index in [9.17, 15) is 15.2 Å². The first-order valence-corrected chi connectivity index (χ1v) is 7.26. The molecule has 0 radical (unpaired) electrons. The molecule has 6 heteroatoms. The van der Waals surface area contributed by atoms with Crippen LogP contribution in [0.25, 0.3) is 0 Å². The second-order valence-electron chi connectivity index (χ2n) is 5.76. The number of aryl methyl sites for hydroxylation is 1. The molecule has 0 aromatic heterocycles. The van der Waals surface area contributed by atoms with E-state index in [1.165, 1.54) is 0 Å². The largest absolute Gasteiger partial charge is 0.393 e. The minimum Gasteiger partial charge on any atom is -0.393 e. The summed E-state index contributed by atoms with van der Waals surface area (Å²) in [6.45, 7) is 1.88. The average Bonchev–Trinajstić information content (AvgIpc) is 2.63. The van der Waals surface area contributed by atoms with Gasteiger partial charge in [0.25, 0.3) is 5.69 Å². The first-order chi connectivity index (χ1) is 9.47. The van der Waals surface area contributed by atoms with Crippen LogP contribution in [0.3, 0.4) is 0 Å². The van der Waals surface area contributed by atoms with Crippen LogP contribution in [-0.2, 0) is 0 Å². The number of aliphatic hydroxyl groups is 1. The zero-order chi connectivity index (χ0) is 14.4. The van der Waals surface area contributed by atoms with Crippen molar-refractivity contribution >= 4 is 23.0 Å². The van der Waals surface area contributed by atoms with Crippen molar-refractivity contribution in [3.05, 3.63) is 32.8 Å². The highest BCUT2D eigenvalue weighted by Crippen LogP contribution is 2.42. The maximum Gasteiger partial charge on any atom is 0.288 e. The molecule has 0 aliphatic carbocycles. The lowest BCUT2D eigenvalue weighted by atomic mass is 9.98. The number of piperidine rings is 1. The summed E-state index contributed by atoms with van der Waals surface area (Å²) in [6.07, 6.45) is 3.44. The molecule has 0 amide bonds. The number of nitro groups is 1. The number of nitrogens with zero attached hydrogens (tertiary/aromatic N) is 2. The SMILES string of the molecule is Cc1cc([N+](=O)[O-])c(Cl)cc1N1[C@@H]2CC[C@H]1C[C@@H](O)C2. The van der Waals surface area contributed by atoms with Gasteiger partial charge in [0, 0.05) is 23.8 Å². The van der Waals surface area contributed by atoms with E-state index in [1.807, 2.05) is 6.92 Å². The van der Waals surface area contributed by atoms with E-state index in [-0.39, 0.29) is 16.8 Å². The van der Waals surface area contributed by atoms with Gasteiger partial charge in [-0.05, 0) is 44.2 Å². The molecule has 1 N–H and O–H groups in total. The fraction of sp³-hybridized carbons (Fsp3) is 0.571. The first-order valence-electron chi connectivity index (χ1n) is 6.88. The van der Waals surface area contributed by atoms with E-state index >= 15 is 0 Å². The van der Waals surface area contributed by atoms with Gasteiger partial charge >= 0.3 is 0 Å². The fourth-order valence-corrected chi connectivity index (χ4v) is 3.84. The third-order valence-corrected chi connectivity index (χ3v) is 4.75. The van der Waals surface area contributed by atoms with Crippen LogP contribution in [0.15, 0.2) is 12.1 Å². The van der Waals surface area contributed by atoms with Gasteiger partial charge in [-0.25, -0.2) is 0 Å². The van der Waals surface area contributed by atoms with Crippen LogP contribution in [0.4, 0.5) is 11.4 Å². The van der Waals surface area contributed by atoms with Gasteiger partial charge in [0.1, 0.15) is 5.02 Å². The van der Waals surface area contributed by atoms with Crippen LogP contribution >= 0.6 is 11.6 Å². The third kappa shape index (κ3) is 2.15. The van der Waals surface area contributed by atoms with Gasteiger partial charge in [-0.1, -0.05) is 11.6 Å². The Kier molecular flexibility index (Phi) is 3.34. The third-order valence-electron chi connectivity index (χ3n) is 4.45. The Morgan fingerprint density at radius 3 is 2.50 bits per heavy atom. The Morgan fingerprint density at radius 2 is 1.95 bits per heavy atom. The quantitative estimate of drug-likeness (QED) is 0.673. The molecule has 3 rings (SSSR count). The molecule has 108 valence electrons. The Hall–Kier alpha value is -1.33. The maximum absolute atomic E-state index is 10.9. The number of fused-ring (bicyclic) bond motifs is 2. The summed E-state index contributed by atoms with van der Waals surface area (Å²) < 4.78 is 0. The highest BCUT2D eigenvalue weighted by Gasteiger charge is 2.41.